The van der Waals surface area contributed by atoms with E-state index < -0.39 is 0 Å². The first-order chi connectivity index (χ1) is 26.8. The third-order valence-corrected chi connectivity index (χ3v) is 10.3. The molecule has 0 N–H and O–H groups in total. The summed E-state index contributed by atoms with van der Waals surface area (Å²) in [6.07, 6.45) is 0. The summed E-state index contributed by atoms with van der Waals surface area (Å²) in [5.41, 5.74) is 12.8. The van der Waals surface area contributed by atoms with E-state index in [0.717, 1.165) is 55.4 Å². The first kappa shape index (κ1) is 31.5. The molecule has 0 unspecified atom stereocenters. The monoisotopic (exact) mass is 690 g/mol. The third-order valence-electron chi connectivity index (χ3n) is 10.3. The molecule has 0 fully saturated rings. The molecule has 0 saturated heterocycles. The van der Waals surface area contributed by atoms with Gasteiger partial charge in [0.2, 0.25) is 5.89 Å². The van der Waals surface area contributed by atoms with Gasteiger partial charge in [-0.2, -0.15) is 0 Å². The minimum atomic E-state index is 0.609. The zero-order chi connectivity index (χ0) is 35.8. The maximum absolute atomic E-state index is 6.65. The summed E-state index contributed by atoms with van der Waals surface area (Å²) in [7, 11) is 0. The van der Waals surface area contributed by atoms with E-state index in [0.29, 0.717) is 5.89 Å². The minimum Gasteiger partial charge on any atom is -0.436 e. The van der Waals surface area contributed by atoms with Crippen molar-refractivity contribution >= 4 is 49.7 Å². The van der Waals surface area contributed by atoms with Gasteiger partial charge in [-0.05, 0) is 80.6 Å². The van der Waals surface area contributed by atoms with Crippen molar-refractivity contribution in [2.75, 3.05) is 4.90 Å². The van der Waals surface area contributed by atoms with Crippen LogP contribution < -0.4 is 4.90 Å². The largest absolute Gasteiger partial charge is 0.436 e. The predicted octanol–water partition coefficient (Wildman–Crippen LogP) is 14.3. The van der Waals surface area contributed by atoms with Gasteiger partial charge in [-0.15, -0.1) is 0 Å². The van der Waals surface area contributed by atoms with Crippen molar-refractivity contribution in [1.29, 1.82) is 0 Å². The van der Waals surface area contributed by atoms with E-state index in [9.17, 15) is 0 Å². The van der Waals surface area contributed by atoms with Crippen molar-refractivity contribution in [3.8, 4) is 44.8 Å². The highest BCUT2D eigenvalue weighted by Crippen LogP contribution is 2.44. The molecule has 0 aliphatic carbocycles. The van der Waals surface area contributed by atoms with Crippen LogP contribution in [0.25, 0.3) is 77.5 Å². The number of hydrogen-bond donors (Lipinski definition) is 0. The molecule has 10 aromatic rings. The van der Waals surface area contributed by atoms with E-state index >= 15 is 0 Å². The van der Waals surface area contributed by atoms with Crippen LogP contribution in [-0.4, -0.2) is 4.98 Å². The maximum Gasteiger partial charge on any atom is 0.227 e. The first-order valence-electron chi connectivity index (χ1n) is 18.3. The SMILES string of the molecule is c1ccc(-c2ccc(N(c3ccc(-c4ccccc4-c4ccccc4)cc3)c3cc4oc(-c5ccc6ccccc6c5)nc4c4ccccc34)cc2)cc1. The quantitative estimate of drug-likeness (QED) is 0.167. The molecule has 54 heavy (non-hydrogen) atoms. The van der Waals surface area contributed by atoms with Gasteiger partial charge in [0.15, 0.2) is 5.58 Å². The van der Waals surface area contributed by atoms with Crippen molar-refractivity contribution in [3.63, 3.8) is 0 Å². The van der Waals surface area contributed by atoms with Crippen LogP contribution in [0.3, 0.4) is 0 Å². The van der Waals surface area contributed by atoms with Gasteiger partial charge in [0.1, 0.15) is 5.52 Å². The average molecular weight is 691 g/mol. The highest BCUT2D eigenvalue weighted by atomic mass is 16.3. The number of nitrogens with zero attached hydrogens (tertiary/aromatic N) is 2. The second-order valence-electron chi connectivity index (χ2n) is 13.6. The fourth-order valence-corrected chi connectivity index (χ4v) is 7.62. The van der Waals surface area contributed by atoms with Gasteiger partial charge in [0.25, 0.3) is 0 Å². The smallest absolute Gasteiger partial charge is 0.227 e. The maximum atomic E-state index is 6.65. The number of hydrogen-bond acceptors (Lipinski definition) is 3. The summed E-state index contributed by atoms with van der Waals surface area (Å²) in [6.45, 7) is 0. The van der Waals surface area contributed by atoms with E-state index in [1.165, 1.54) is 33.2 Å². The van der Waals surface area contributed by atoms with Crippen LogP contribution in [0.15, 0.2) is 211 Å². The second kappa shape index (κ2) is 13.4. The van der Waals surface area contributed by atoms with Crippen molar-refractivity contribution in [1.82, 2.24) is 4.98 Å². The molecule has 9 aromatic carbocycles. The van der Waals surface area contributed by atoms with E-state index in [1.807, 2.05) is 0 Å². The Morgan fingerprint density at radius 3 is 1.56 bits per heavy atom. The van der Waals surface area contributed by atoms with Crippen molar-refractivity contribution in [2.45, 2.75) is 0 Å². The summed E-state index contributed by atoms with van der Waals surface area (Å²) < 4.78 is 6.65. The van der Waals surface area contributed by atoms with Crippen molar-refractivity contribution in [2.24, 2.45) is 0 Å². The molecule has 0 saturated carbocycles. The van der Waals surface area contributed by atoms with E-state index in [4.69, 9.17) is 9.40 Å². The molecule has 0 spiro atoms. The molecule has 0 amide bonds. The normalized spacial score (nSPS) is 11.3. The number of oxazole rings is 1. The molecule has 0 aliphatic heterocycles. The van der Waals surface area contributed by atoms with E-state index in [-0.39, 0.29) is 0 Å². The summed E-state index contributed by atoms with van der Waals surface area (Å²) in [4.78, 5) is 7.44. The van der Waals surface area contributed by atoms with Crippen LogP contribution in [0.5, 0.6) is 0 Å². The Morgan fingerprint density at radius 1 is 0.370 bits per heavy atom. The van der Waals surface area contributed by atoms with Gasteiger partial charge in [-0.3, -0.25) is 0 Å². The van der Waals surface area contributed by atoms with Gasteiger partial charge >= 0.3 is 0 Å². The number of fused-ring (bicyclic) bond motifs is 4. The predicted molar refractivity (Wildman–Crippen MR) is 225 cm³/mol. The Hall–Kier alpha value is -7.23. The number of aromatic nitrogens is 1. The van der Waals surface area contributed by atoms with Gasteiger partial charge in [0.05, 0.1) is 5.69 Å². The van der Waals surface area contributed by atoms with Gasteiger partial charge in [-0.25, -0.2) is 4.98 Å². The summed E-state index contributed by atoms with van der Waals surface area (Å²) in [5, 5.41) is 4.48. The molecule has 0 atom stereocenters. The minimum absolute atomic E-state index is 0.609. The molecular weight excluding hydrogens is 657 g/mol. The summed E-state index contributed by atoms with van der Waals surface area (Å²) in [6, 6.07) is 72.9. The second-order valence-corrected chi connectivity index (χ2v) is 13.6. The zero-order valence-corrected chi connectivity index (χ0v) is 29.4. The number of benzene rings is 9. The van der Waals surface area contributed by atoms with Gasteiger partial charge < -0.3 is 9.32 Å². The molecule has 1 aromatic heterocycles. The van der Waals surface area contributed by atoms with Gasteiger partial charge in [-0.1, -0.05) is 164 Å². The summed E-state index contributed by atoms with van der Waals surface area (Å²) >= 11 is 0. The Morgan fingerprint density at radius 2 is 0.870 bits per heavy atom. The number of rotatable bonds is 7. The fraction of sp³-hybridized carbons (Fsp3) is 0. The van der Waals surface area contributed by atoms with Gasteiger partial charge in [0, 0.05) is 33.8 Å². The molecular formula is C51H34N2O. The lowest BCUT2D eigenvalue weighted by atomic mass is 9.94. The first-order valence-corrected chi connectivity index (χ1v) is 18.3. The van der Waals surface area contributed by atoms with Crippen molar-refractivity contribution in [3.05, 3.63) is 206 Å². The molecule has 1 heterocycles. The Labute approximate surface area is 314 Å². The summed E-state index contributed by atoms with van der Waals surface area (Å²) in [5.74, 6) is 0.609. The van der Waals surface area contributed by atoms with Crippen LogP contribution in [-0.2, 0) is 0 Å². The molecule has 0 bridgehead atoms. The third kappa shape index (κ3) is 5.69. The number of anilines is 3. The fourth-order valence-electron chi connectivity index (χ4n) is 7.62. The van der Waals surface area contributed by atoms with Crippen LogP contribution >= 0.6 is 0 Å². The average Bonchev–Trinajstić information content (AvgIpc) is 3.69. The van der Waals surface area contributed by atoms with Crippen LogP contribution in [0.2, 0.25) is 0 Å². The molecule has 10 rings (SSSR count). The molecule has 3 heteroatoms. The topological polar surface area (TPSA) is 29.3 Å². The zero-order valence-electron chi connectivity index (χ0n) is 29.4. The lowest BCUT2D eigenvalue weighted by molar-refractivity contribution is 0.620. The van der Waals surface area contributed by atoms with Crippen LogP contribution in [0.4, 0.5) is 17.1 Å². The van der Waals surface area contributed by atoms with E-state index in [2.05, 4.69) is 211 Å². The molecule has 0 radical (unpaired) electrons. The highest BCUT2D eigenvalue weighted by Gasteiger charge is 2.21. The molecule has 0 aliphatic rings. The van der Waals surface area contributed by atoms with Crippen LogP contribution in [0, 0.1) is 0 Å². The lowest BCUT2D eigenvalue weighted by Gasteiger charge is -2.27. The molecule has 254 valence electrons. The van der Waals surface area contributed by atoms with E-state index in [1.54, 1.807) is 0 Å². The Kier molecular flexibility index (Phi) is 7.81. The molecule has 3 nitrogen and oxygen atoms in total. The Balaban J connectivity index is 1.13. The standard InChI is InChI=1S/C51H34N2O/c1-3-13-35(14-4-1)37-25-29-42(30-26-37)53(43-31-27-39(28-32-43)45-20-10-9-19-44(45)38-16-5-2-6-17-38)48-34-49-50(47-22-12-11-21-46(47)48)52-51(54-49)41-24-23-36-15-7-8-18-40(36)33-41/h1-34H. The van der Waals surface area contributed by atoms with Crippen LogP contribution in [0.1, 0.15) is 0 Å². The van der Waals surface area contributed by atoms with Crippen molar-refractivity contribution < 1.29 is 4.42 Å². The highest BCUT2D eigenvalue weighted by molar-refractivity contribution is 6.12. The lowest BCUT2D eigenvalue weighted by Crippen LogP contribution is -2.10. The Bertz CT molecular complexity index is 2910.